The molecule has 0 aliphatic carbocycles. The van der Waals surface area contributed by atoms with E-state index in [1.807, 2.05) is 36.0 Å². The van der Waals surface area contributed by atoms with Crippen molar-refractivity contribution >= 4 is 0 Å². The summed E-state index contributed by atoms with van der Waals surface area (Å²) in [6.07, 6.45) is 5.59. The van der Waals surface area contributed by atoms with Crippen LogP contribution in [-0.2, 0) is 18.3 Å². The molecule has 0 N–H and O–H groups in total. The topological polar surface area (TPSA) is 65.3 Å². The van der Waals surface area contributed by atoms with Gasteiger partial charge in [0.1, 0.15) is 11.9 Å². The van der Waals surface area contributed by atoms with Crippen LogP contribution in [0.3, 0.4) is 0 Å². The molecule has 0 unspecified atom stereocenters. The second kappa shape index (κ2) is 8.08. The Labute approximate surface area is 164 Å². The van der Waals surface area contributed by atoms with E-state index < -0.39 is 0 Å². The standard InChI is InChI=1S/C21H25N5O2/c1-15-17(12-25(2)24-15)13-26-8-9-28-21(14-26)20-11-22-10-19(23-20)16-4-6-18(27-3)7-5-16/h4-7,10-12,21H,8-9,13-14H2,1-3H3/t21-/m0/s1. The summed E-state index contributed by atoms with van der Waals surface area (Å²) < 4.78 is 13.1. The third-order valence-electron chi connectivity index (χ3n) is 5.03. The molecule has 146 valence electrons. The third-order valence-corrected chi connectivity index (χ3v) is 5.03. The summed E-state index contributed by atoms with van der Waals surface area (Å²) in [6, 6.07) is 7.84. The Morgan fingerprint density at radius 2 is 2.04 bits per heavy atom. The molecular weight excluding hydrogens is 354 g/mol. The molecule has 0 spiro atoms. The van der Waals surface area contributed by atoms with Gasteiger partial charge in [0.2, 0.25) is 0 Å². The second-order valence-electron chi connectivity index (χ2n) is 7.07. The molecule has 1 aliphatic heterocycles. The van der Waals surface area contributed by atoms with Gasteiger partial charge in [-0.25, -0.2) is 4.98 Å². The number of hydrogen-bond acceptors (Lipinski definition) is 6. The van der Waals surface area contributed by atoms with E-state index in [0.29, 0.717) is 6.61 Å². The van der Waals surface area contributed by atoms with Crippen LogP contribution in [0.1, 0.15) is 23.1 Å². The van der Waals surface area contributed by atoms with Gasteiger partial charge in [0.15, 0.2) is 0 Å². The predicted molar refractivity (Wildman–Crippen MR) is 106 cm³/mol. The van der Waals surface area contributed by atoms with E-state index in [1.165, 1.54) is 5.56 Å². The first-order valence-corrected chi connectivity index (χ1v) is 9.42. The zero-order chi connectivity index (χ0) is 19.5. The smallest absolute Gasteiger partial charge is 0.118 e. The predicted octanol–water partition coefficient (Wildman–Crippen LogP) is 2.77. The van der Waals surface area contributed by atoms with Crippen LogP contribution in [0.25, 0.3) is 11.3 Å². The minimum absolute atomic E-state index is 0.0866. The molecule has 28 heavy (non-hydrogen) atoms. The van der Waals surface area contributed by atoms with Gasteiger partial charge in [0, 0.05) is 44.0 Å². The van der Waals surface area contributed by atoms with Crippen molar-refractivity contribution in [1.29, 1.82) is 0 Å². The highest BCUT2D eigenvalue weighted by atomic mass is 16.5. The van der Waals surface area contributed by atoms with Crippen molar-refractivity contribution in [2.45, 2.75) is 19.6 Å². The van der Waals surface area contributed by atoms with Gasteiger partial charge in [0.25, 0.3) is 0 Å². The van der Waals surface area contributed by atoms with E-state index in [-0.39, 0.29) is 6.10 Å². The molecule has 1 aromatic carbocycles. The molecule has 0 amide bonds. The number of aryl methyl sites for hydroxylation is 2. The number of benzene rings is 1. The Kier molecular flexibility index (Phi) is 5.36. The Hall–Kier alpha value is -2.77. The van der Waals surface area contributed by atoms with Gasteiger partial charge in [0.05, 0.1) is 43.2 Å². The highest BCUT2D eigenvalue weighted by Crippen LogP contribution is 2.25. The van der Waals surface area contributed by atoms with E-state index in [4.69, 9.17) is 14.5 Å². The Morgan fingerprint density at radius 1 is 1.21 bits per heavy atom. The molecule has 2 aromatic heterocycles. The average molecular weight is 379 g/mol. The van der Waals surface area contributed by atoms with E-state index in [0.717, 1.165) is 48.0 Å². The van der Waals surface area contributed by atoms with Crippen molar-refractivity contribution < 1.29 is 9.47 Å². The van der Waals surface area contributed by atoms with Gasteiger partial charge in [-0.2, -0.15) is 5.10 Å². The SMILES string of the molecule is COc1ccc(-c2cncc([C@@H]3CN(Cc4cn(C)nc4C)CCO3)n2)cc1. The van der Waals surface area contributed by atoms with Gasteiger partial charge >= 0.3 is 0 Å². The van der Waals surface area contributed by atoms with Crippen LogP contribution in [0.4, 0.5) is 0 Å². The maximum Gasteiger partial charge on any atom is 0.118 e. The number of aromatic nitrogens is 4. The van der Waals surface area contributed by atoms with Crippen LogP contribution in [0.5, 0.6) is 5.75 Å². The molecular formula is C21H25N5O2. The molecule has 7 nitrogen and oxygen atoms in total. The monoisotopic (exact) mass is 379 g/mol. The van der Waals surface area contributed by atoms with E-state index in [9.17, 15) is 0 Å². The van der Waals surface area contributed by atoms with Gasteiger partial charge in [-0.15, -0.1) is 0 Å². The largest absolute Gasteiger partial charge is 0.497 e. The maximum atomic E-state index is 6.01. The van der Waals surface area contributed by atoms with Crippen LogP contribution in [0.15, 0.2) is 42.9 Å². The average Bonchev–Trinajstić information content (AvgIpc) is 3.05. The minimum atomic E-state index is -0.0866. The Balaban J connectivity index is 1.49. The maximum absolute atomic E-state index is 6.01. The molecule has 0 radical (unpaired) electrons. The van der Waals surface area contributed by atoms with Crippen molar-refractivity contribution in [3.05, 3.63) is 59.8 Å². The van der Waals surface area contributed by atoms with Gasteiger partial charge in [-0.1, -0.05) is 0 Å². The summed E-state index contributed by atoms with van der Waals surface area (Å²) in [5.74, 6) is 0.824. The summed E-state index contributed by atoms with van der Waals surface area (Å²) in [7, 11) is 3.62. The lowest BCUT2D eigenvalue weighted by Crippen LogP contribution is -2.38. The number of rotatable bonds is 5. The normalized spacial score (nSPS) is 17.6. The van der Waals surface area contributed by atoms with Gasteiger partial charge in [-0.3, -0.25) is 14.6 Å². The molecule has 3 aromatic rings. The number of morpholine rings is 1. The molecule has 0 saturated carbocycles. The first-order valence-electron chi connectivity index (χ1n) is 9.42. The quantitative estimate of drug-likeness (QED) is 0.679. The summed E-state index contributed by atoms with van der Waals surface area (Å²) in [4.78, 5) is 11.6. The molecule has 0 bridgehead atoms. The highest BCUT2D eigenvalue weighted by Gasteiger charge is 2.24. The first-order chi connectivity index (χ1) is 13.6. The van der Waals surface area contributed by atoms with Crippen LogP contribution in [-0.4, -0.2) is 51.5 Å². The molecule has 1 aliphatic rings. The van der Waals surface area contributed by atoms with Crippen molar-refractivity contribution in [1.82, 2.24) is 24.6 Å². The molecule has 7 heteroatoms. The summed E-state index contributed by atoms with van der Waals surface area (Å²) in [5, 5.41) is 4.44. The zero-order valence-electron chi connectivity index (χ0n) is 16.5. The number of nitrogens with zero attached hydrogens (tertiary/aromatic N) is 5. The van der Waals surface area contributed by atoms with Crippen molar-refractivity contribution in [3.8, 4) is 17.0 Å². The van der Waals surface area contributed by atoms with Crippen molar-refractivity contribution in [2.24, 2.45) is 7.05 Å². The number of ether oxygens (including phenoxy) is 2. The van der Waals surface area contributed by atoms with Crippen molar-refractivity contribution in [2.75, 3.05) is 26.8 Å². The Morgan fingerprint density at radius 3 is 2.75 bits per heavy atom. The van der Waals surface area contributed by atoms with Gasteiger partial charge in [-0.05, 0) is 31.2 Å². The lowest BCUT2D eigenvalue weighted by molar-refractivity contribution is -0.0351. The fraction of sp³-hybridized carbons (Fsp3) is 0.381. The summed E-state index contributed by atoms with van der Waals surface area (Å²) >= 11 is 0. The van der Waals surface area contributed by atoms with Crippen LogP contribution < -0.4 is 4.74 Å². The van der Waals surface area contributed by atoms with Crippen LogP contribution in [0, 0.1) is 6.92 Å². The number of hydrogen-bond donors (Lipinski definition) is 0. The molecule has 4 rings (SSSR count). The second-order valence-corrected chi connectivity index (χ2v) is 7.07. The van der Waals surface area contributed by atoms with Crippen molar-refractivity contribution in [3.63, 3.8) is 0 Å². The third kappa shape index (κ3) is 4.05. The lowest BCUT2D eigenvalue weighted by atomic mass is 10.1. The summed E-state index contributed by atoms with van der Waals surface area (Å²) in [5.41, 5.74) is 5.03. The number of methoxy groups -OCH3 is 1. The zero-order valence-corrected chi connectivity index (χ0v) is 16.5. The fourth-order valence-electron chi connectivity index (χ4n) is 3.51. The van der Waals surface area contributed by atoms with E-state index in [2.05, 4.69) is 28.1 Å². The lowest BCUT2D eigenvalue weighted by Gasteiger charge is -2.32. The first kappa shape index (κ1) is 18.6. The Bertz CT molecular complexity index is 938. The summed E-state index contributed by atoms with van der Waals surface area (Å²) in [6.45, 7) is 5.28. The van der Waals surface area contributed by atoms with Crippen LogP contribution in [0.2, 0.25) is 0 Å². The molecule has 1 atom stereocenters. The van der Waals surface area contributed by atoms with E-state index >= 15 is 0 Å². The molecule has 1 saturated heterocycles. The van der Waals surface area contributed by atoms with Gasteiger partial charge < -0.3 is 9.47 Å². The fourth-order valence-corrected chi connectivity index (χ4v) is 3.51. The molecule has 3 heterocycles. The molecule has 1 fully saturated rings. The van der Waals surface area contributed by atoms with E-state index in [1.54, 1.807) is 19.5 Å². The minimum Gasteiger partial charge on any atom is -0.497 e. The van der Waals surface area contributed by atoms with Crippen LogP contribution >= 0.6 is 0 Å². The highest BCUT2D eigenvalue weighted by molar-refractivity contribution is 5.59.